The number of carboxylic acids is 2. The van der Waals surface area contributed by atoms with Gasteiger partial charge in [-0.3, -0.25) is 4.79 Å². The van der Waals surface area contributed by atoms with Gasteiger partial charge in [-0.1, -0.05) is 12.2 Å². The summed E-state index contributed by atoms with van der Waals surface area (Å²) in [6.07, 6.45) is 7.70. The van der Waals surface area contributed by atoms with Gasteiger partial charge in [0.15, 0.2) is 6.73 Å². The molecule has 0 saturated carbocycles. The molecule has 0 aromatic heterocycles. The molecule has 6 heteroatoms. The molecule has 1 atom stereocenters. The summed E-state index contributed by atoms with van der Waals surface area (Å²) in [5, 5.41) is 29.0. The lowest BCUT2D eigenvalue weighted by Gasteiger charge is -2.36. The van der Waals surface area contributed by atoms with Crippen LogP contribution >= 0.6 is 0 Å². The standard InChI is InChI=1S/C15H27NO5/c1-2-3-4-5-6-7-10-16(13-17,11-8-14(18)19)12-9-15(20)21/h2-3,17H,4-13H2,1H3,(H-,18,19,20,21)/b3-2+. The topological polar surface area (TPSA) is 97.7 Å². The third kappa shape index (κ3) is 10.0. The number of quaternary nitrogens is 1. The van der Waals surface area contributed by atoms with Crippen LogP contribution in [0.25, 0.3) is 0 Å². The highest BCUT2D eigenvalue weighted by Crippen LogP contribution is 2.13. The van der Waals surface area contributed by atoms with E-state index < -0.39 is 11.9 Å². The number of hydrogen-bond acceptors (Lipinski definition) is 4. The van der Waals surface area contributed by atoms with Gasteiger partial charge < -0.3 is 24.6 Å². The third-order valence-corrected chi connectivity index (χ3v) is 3.63. The molecule has 6 nitrogen and oxygen atoms in total. The highest BCUT2D eigenvalue weighted by Gasteiger charge is 2.26. The van der Waals surface area contributed by atoms with E-state index in [1.807, 2.05) is 13.0 Å². The van der Waals surface area contributed by atoms with Crippen LogP contribution in [0.2, 0.25) is 0 Å². The second-order valence-corrected chi connectivity index (χ2v) is 5.34. The number of aliphatic hydroxyl groups excluding tert-OH is 1. The van der Waals surface area contributed by atoms with E-state index in [1.54, 1.807) is 0 Å². The zero-order chi connectivity index (χ0) is 16.1. The summed E-state index contributed by atoms with van der Waals surface area (Å²) in [6, 6.07) is 0. The molecule has 0 aliphatic carbocycles. The summed E-state index contributed by atoms with van der Waals surface area (Å²) >= 11 is 0. The van der Waals surface area contributed by atoms with Crippen molar-refractivity contribution in [2.45, 2.75) is 45.4 Å². The molecule has 0 amide bonds. The summed E-state index contributed by atoms with van der Waals surface area (Å²) in [7, 11) is 0. The number of rotatable bonds is 13. The maximum absolute atomic E-state index is 10.7. The molecule has 0 aliphatic rings. The first kappa shape index (κ1) is 19.6. The van der Waals surface area contributed by atoms with Crippen LogP contribution in [0, 0.1) is 0 Å². The maximum Gasteiger partial charge on any atom is 0.309 e. The zero-order valence-corrected chi connectivity index (χ0v) is 12.8. The van der Waals surface area contributed by atoms with Crippen molar-refractivity contribution in [2.24, 2.45) is 0 Å². The molecule has 0 fully saturated rings. The Labute approximate surface area is 126 Å². The summed E-state index contributed by atoms with van der Waals surface area (Å²) in [5.41, 5.74) is 0. The zero-order valence-electron chi connectivity index (χ0n) is 12.8. The van der Waals surface area contributed by atoms with Crippen LogP contribution in [0.5, 0.6) is 0 Å². The van der Waals surface area contributed by atoms with Crippen molar-refractivity contribution in [3.05, 3.63) is 12.2 Å². The number of hydrogen-bond donors (Lipinski definition) is 2. The van der Waals surface area contributed by atoms with Gasteiger partial charge in [-0.05, 0) is 32.6 Å². The van der Waals surface area contributed by atoms with Crippen LogP contribution < -0.4 is 5.11 Å². The fraction of sp³-hybridized carbons (Fsp3) is 0.733. The Hall–Kier alpha value is -1.40. The lowest BCUT2D eigenvalue weighted by Crippen LogP contribution is -2.52. The Balaban J connectivity index is 4.38. The van der Waals surface area contributed by atoms with Gasteiger partial charge in [0.05, 0.1) is 26.1 Å². The number of unbranched alkanes of at least 4 members (excludes halogenated alkanes) is 3. The molecule has 0 radical (unpaired) electrons. The summed E-state index contributed by atoms with van der Waals surface area (Å²) < 4.78 is 0.115. The van der Waals surface area contributed by atoms with Crippen LogP contribution in [-0.4, -0.2) is 53.0 Å². The minimum atomic E-state index is -1.17. The van der Waals surface area contributed by atoms with Gasteiger partial charge in [-0.15, -0.1) is 0 Å². The van der Waals surface area contributed by atoms with E-state index in [0.29, 0.717) is 6.54 Å². The Bertz CT molecular complexity index is 323. The van der Waals surface area contributed by atoms with Gasteiger partial charge in [0.2, 0.25) is 0 Å². The van der Waals surface area contributed by atoms with E-state index in [4.69, 9.17) is 5.11 Å². The Morgan fingerprint density at radius 3 is 2.29 bits per heavy atom. The average molecular weight is 301 g/mol. The van der Waals surface area contributed by atoms with Gasteiger partial charge in [0.25, 0.3) is 0 Å². The van der Waals surface area contributed by atoms with Gasteiger partial charge in [-0.25, -0.2) is 0 Å². The number of carbonyl (C=O) groups excluding carboxylic acids is 1. The second-order valence-electron chi connectivity index (χ2n) is 5.34. The highest BCUT2D eigenvalue weighted by atomic mass is 16.4. The lowest BCUT2D eigenvalue weighted by molar-refractivity contribution is -0.944. The van der Waals surface area contributed by atoms with E-state index >= 15 is 0 Å². The maximum atomic E-state index is 10.7. The van der Waals surface area contributed by atoms with Gasteiger partial charge in [0, 0.05) is 12.4 Å². The van der Waals surface area contributed by atoms with E-state index in [1.165, 1.54) is 0 Å². The fourth-order valence-corrected chi connectivity index (χ4v) is 2.26. The Kier molecular flexibility index (Phi) is 10.5. The molecule has 0 aromatic carbocycles. The number of allylic oxidation sites excluding steroid dienone is 2. The number of nitrogens with zero attached hydrogens (tertiary/aromatic N) is 1. The molecule has 0 aliphatic heterocycles. The van der Waals surface area contributed by atoms with Crippen molar-refractivity contribution in [1.82, 2.24) is 0 Å². The first-order valence-corrected chi connectivity index (χ1v) is 7.44. The Morgan fingerprint density at radius 2 is 1.76 bits per heavy atom. The number of carboxylic acid groups (broad SMARTS) is 2. The van der Waals surface area contributed by atoms with Gasteiger partial charge in [-0.2, -0.15) is 0 Å². The van der Waals surface area contributed by atoms with E-state index in [-0.39, 0.29) is 37.1 Å². The smallest absolute Gasteiger partial charge is 0.309 e. The van der Waals surface area contributed by atoms with E-state index in [0.717, 1.165) is 25.7 Å². The molecule has 0 heterocycles. The molecule has 0 spiro atoms. The van der Waals surface area contributed by atoms with Gasteiger partial charge in [0.1, 0.15) is 0 Å². The predicted molar refractivity (Wildman–Crippen MR) is 77.1 cm³/mol. The molecular formula is C15H27NO5. The number of aliphatic carboxylic acids is 2. The largest absolute Gasteiger partial charge is 0.550 e. The van der Waals surface area contributed by atoms with Crippen molar-refractivity contribution in [2.75, 3.05) is 26.4 Å². The first-order chi connectivity index (χ1) is 9.95. The molecule has 0 aromatic rings. The number of carbonyl (C=O) groups is 2. The van der Waals surface area contributed by atoms with Crippen molar-refractivity contribution >= 4 is 11.9 Å². The minimum absolute atomic E-state index is 0.0772. The SMILES string of the molecule is C/C=C/CCCCC[N+](CO)(CCC(=O)[O-])CCC(=O)O. The van der Waals surface area contributed by atoms with Crippen molar-refractivity contribution < 1.29 is 29.4 Å². The highest BCUT2D eigenvalue weighted by molar-refractivity contribution is 5.66. The molecule has 0 saturated heterocycles. The minimum Gasteiger partial charge on any atom is -0.550 e. The van der Waals surface area contributed by atoms with Crippen LogP contribution in [0.15, 0.2) is 12.2 Å². The van der Waals surface area contributed by atoms with Crippen molar-refractivity contribution in [1.29, 1.82) is 0 Å². The van der Waals surface area contributed by atoms with E-state index in [2.05, 4.69) is 6.08 Å². The molecule has 0 rings (SSSR count). The quantitative estimate of drug-likeness (QED) is 0.223. The lowest BCUT2D eigenvalue weighted by atomic mass is 10.1. The summed E-state index contributed by atoms with van der Waals surface area (Å²) in [4.78, 5) is 21.3. The summed E-state index contributed by atoms with van der Waals surface area (Å²) in [6.45, 7) is 2.77. The van der Waals surface area contributed by atoms with Crippen LogP contribution in [0.4, 0.5) is 0 Å². The van der Waals surface area contributed by atoms with Crippen LogP contribution in [-0.2, 0) is 9.59 Å². The van der Waals surface area contributed by atoms with E-state index in [9.17, 15) is 19.8 Å². The fourth-order valence-electron chi connectivity index (χ4n) is 2.26. The summed E-state index contributed by atoms with van der Waals surface area (Å²) in [5.74, 6) is -2.11. The van der Waals surface area contributed by atoms with Crippen molar-refractivity contribution in [3.8, 4) is 0 Å². The van der Waals surface area contributed by atoms with Gasteiger partial charge >= 0.3 is 5.97 Å². The molecule has 21 heavy (non-hydrogen) atoms. The molecular weight excluding hydrogens is 274 g/mol. The first-order valence-electron chi connectivity index (χ1n) is 7.44. The number of aliphatic hydroxyl groups is 1. The predicted octanol–water partition coefficient (Wildman–Crippen LogP) is 0.504. The molecule has 122 valence electrons. The third-order valence-electron chi connectivity index (χ3n) is 3.63. The molecule has 2 N–H and O–H groups in total. The second kappa shape index (κ2) is 11.3. The molecule has 0 bridgehead atoms. The van der Waals surface area contributed by atoms with Crippen LogP contribution in [0.1, 0.15) is 45.4 Å². The average Bonchev–Trinajstić information content (AvgIpc) is 2.45. The Morgan fingerprint density at radius 1 is 1.10 bits per heavy atom. The van der Waals surface area contributed by atoms with Crippen molar-refractivity contribution in [3.63, 3.8) is 0 Å². The van der Waals surface area contributed by atoms with Crippen LogP contribution in [0.3, 0.4) is 0 Å². The molecule has 1 unspecified atom stereocenters. The monoisotopic (exact) mass is 301 g/mol. The normalized spacial score (nSPS) is 14.2.